The van der Waals surface area contributed by atoms with Gasteiger partial charge in [-0.25, -0.2) is 9.97 Å². The van der Waals surface area contributed by atoms with Crippen LogP contribution in [0, 0.1) is 0 Å². The number of anilines is 1. The summed E-state index contributed by atoms with van der Waals surface area (Å²) >= 11 is 13.6. The van der Waals surface area contributed by atoms with Gasteiger partial charge in [-0.1, -0.05) is 23.2 Å². The molecule has 0 bridgehead atoms. The molecule has 0 N–H and O–H groups in total. The molecule has 1 aromatic carbocycles. The van der Waals surface area contributed by atoms with Gasteiger partial charge >= 0.3 is 0 Å². The van der Waals surface area contributed by atoms with Gasteiger partial charge in [-0.15, -0.1) is 11.8 Å². The third-order valence-corrected chi connectivity index (χ3v) is 5.79. The van der Waals surface area contributed by atoms with Crippen molar-refractivity contribution in [1.82, 2.24) is 14.9 Å². The van der Waals surface area contributed by atoms with E-state index in [1.807, 2.05) is 11.8 Å². The Labute approximate surface area is 161 Å². The number of hydrogen-bond acceptors (Lipinski definition) is 5. The minimum atomic E-state index is -0.226. The molecule has 0 spiro atoms. The van der Waals surface area contributed by atoms with Gasteiger partial charge in [-0.3, -0.25) is 4.79 Å². The van der Waals surface area contributed by atoms with Crippen molar-refractivity contribution in [3.8, 4) is 0 Å². The summed E-state index contributed by atoms with van der Waals surface area (Å²) in [6.07, 6.45) is 3.46. The van der Waals surface area contributed by atoms with E-state index in [1.54, 1.807) is 36.7 Å². The fourth-order valence-corrected chi connectivity index (χ4v) is 4.14. The van der Waals surface area contributed by atoms with Gasteiger partial charge in [0, 0.05) is 48.5 Å². The molecule has 2 heterocycles. The predicted octanol–water partition coefficient (Wildman–Crippen LogP) is 3.61. The smallest absolute Gasteiger partial charge is 0.235 e. The summed E-state index contributed by atoms with van der Waals surface area (Å²) in [5.74, 6) is 0.817. The molecule has 0 aliphatic carbocycles. The maximum atomic E-state index is 12.7. The fraction of sp³-hybridized carbons (Fsp3) is 0.353. The number of halogens is 2. The Balaban J connectivity index is 1.57. The van der Waals surface area contributed by atoms with Gasteiger partial charge in [0.2, 0.25) is 11.9 Å². The van der Waals surface area contributed by atoms with Crippen molar-refractivity contribution >= 4 is 46.8 Å². The second-order valence-electron chi connectivity index (χ2n) is 5.70. The summed E-state index contributed by atoms with van der Waals surface area (Å²) in [5, 5.41) is 0.999. The molecule has 3 rings (SSSR count). The normalized spacial score (nSPS) is 16.0. The maximum absolute atomic E-state index is 12.7. The van der Waals surface area contributed by atoms with Gasteiger partial charge in [0.1, 0.15) is 0 Å². The minimum Gasteiger partial charge on any atom is -0.338 e. The van der Waals surface area contributed by atoms with Crippen molar-refractivity contribution in [2.24, 2.45) is 0 Å². The summed E-state index contributed by atoms with van der Waals surface area (Å²) in [5.41, 5.74) is 0. The molecule has 1 atom stereocenters. The van der Waals surface area contributed by atoms with Gasteiger partial charge in [0.05, 0.1) is 10.3 Å². The molecular formula is C17H18Cl2N4OS. The summed E-state index contributed by atoms with van der Waals surface area (Å²) < 4.78 is 0. The van der Waals surface area contributed by atoms with Crippen LogP contribution < -0.4 is 4.90 Å². The molecule has 1 unspecified atom stereocenters. The largest absolute Gasteiger partial charge is 0.338 e. The van der Waals surface area contributed by atoms with Gasteiger partial charge in [0.15, 0.2) is 0 Å². The number of rotatable bonds is 4. The summed E-state index contributed by atoms with van der Waals surface area (Å²) in [6, 6.07) is 7.08. The number of piperazine rings is 1. The lowest BCUT2D eigenvalue weighted by atomic mass is 10.3. The molecule has 1 aliphatic rings. The molecule has 1 amide bonds. The molecule has 1 saturated heterocycles. The van der Waals surface area contributed by atoms with Crippen LogP contribution in [0.5, 0.6) is 0 Å². The molecule has 132 valence electrons. The van der Waals surface area contributed by atoms with Gasteiger partial charge in [-0.2, -0.15) is 0 Å². The Kier molecular flexibility index (Phi) is 6.04. The third-order valence-electron chi connectivity index (χ3n) is 3.97. The first-order valence-corrected chi connectivity index (χ1v) is 9.60. The first-order valence-electron chi connectivity index (χ1n) is 7.97. The van der Waals surface area contributed by atoms with Crippen LogP contribution in [0.15, 0.2) is 41.6 Å². The third kappa shape index (κ3) is 4.57. The van der Waals surface area contributed by atoms with Crippen LogP contribution in [0.4, 0.5) is 5.95 Å². The molecule has 1 fully saturated rings. The zero-order chi connectivity index (χ0) is 17.8. The highest BCUT2D eigenvalue weighted by Crippen LogP contribution is 2.33. The summed E-state index contributed by atoms with van der Waals surface area (Å²) in [7, 11) is 0. The first-order chi connectivity index (χ1) is 12.0. The highest BCUT2D eigenvalue weighted by Gasteiger charge is 2.26. The Hall–Kier alpha value is -1.50. The summed E-state index contributed by atoms with van der Waals surface area (Å²) in [6.45, 7) is 4.67. The SMILES string of the molecule is CC(Sc1cc(Cl)ccc1Cl)C(=O)N1CCN(c2ncccn2)CC1. The predicted molar refractivity (Wildman–Crippen MR) is 103 cm³/mol. The number of hydrogen-bond donors (Lipinski definition) is 0. The quantitative estimate of drug-likeness (QED) is 0.738. The second-order valence-corrected chi connectivity index (χ2v) is 7.92. The number of amides is 1. The zero-order valence-electron chi connectivity index (χ0n) is 13.7. The number of thioether (sulfide) groups is 1. The highest BCUT2D eigenvalue weighted by molar-refractivity contribution is 8.00. The average molecular weight is 397 g/mol. The fourth-order valence-electron chi connectivity index (χ4n) is 2.65. The van der Waals surface area contributed by atoms with Crippen LogP contribution in [0.1, 0.15) is 6.92 Å². The van der Waals surface area contributed by atoms with Crippen LogP contribution in [-0.4, -0.2) is 52.2 Å². The van der Waals surface area contributed by atoms with Crippen LogP contribution in [0.25, 0.3) is 0 Å². The van der Waals surface area contributed by atoms with E-state index in [0.29, 0.717) is 29.1 Å². The van der Waals surface area contributed by atoms with E-state index in [2.05, 4.69) is 14.9 Å². The molecule has 1 aliphatic heterocycles. The van der Waals surface area contributed by atoms with E-state index in [0.717, 1.165) is 18.0 Å². The van der Waals surface area contributed by atoms with Crippen molar-refractivity contribution in [3.05, 3.63) is 46.7 Å². The van der Waals surface area contributed by atoms with Crippen molar-refractivity contribution < 1.29 is 4.79 Å². The van der Waals surface area contributed by atoms with E-state index in [-0.39, 0.29) is 11.2 Å². The average Bonchev–Trinajstić information content (AvgIpc) is 2.65. The van der Waals surface area contributed by atoms with Crippen molar-refractivity contribution in [2.75, 3.05) is 31.1 Å². The Bertz CT molecular complexity index is 739. The van der Waals surface area contributed by atoms with Crippen LogP contribution >= 0.6 is 35.0 Å². The van der Waals surface area contributed by atoms with E-state index < -0.39 is 0 Å². The summed E-state index contributed by atoms with van der Waals surface area (Å²) in [4.78, 5) is 26.0. The lowest BCUT2D eigenvalue weighted by Gasteiger charge is -2.35. The molecule has 2 aromatic rings. The van der Waals surface area contributed by atoms with Crippen LogP contribution in [-0.2, 0) is 4.79 Å². The lowest BCUT2D eigenvalue weighted by molar-refractivity contribution is -0.130. The Morgan fingerprint density at radius 2 is 1.84 bits per heavy atom. The molecule has 1 aromatic heterocycles. The van der Waals surface area contributed by atoms with Gasteiger partial charge in [0.25, 0.3) is 0 Å². The van der Waals surface area contributed by atoms with E-state index in [9.17, 15) is 4.79 Å². The molecule has 0 saturated carbocycles. The van der Waals surface area contributed by atoms with Crippen LogP contribution in [0.3, 0.4) is 0 Å². The van der Waals surface area contributed by atoms with Gasteiger partial charge < -0.3 is 9.80 Å². The molecule has 0 radical (unpaired) electrons. The number of aromatic nitrogens is 2. The maximum Gasteiger partial charge on any atom is 0.235 e. The monoisotopic (exact) mass is 396 g/mol. The number of carbonyl (C=O) groups is 1. The zero-order valence-corrected chi connectivity index (χ0v) is 16.1. The molecular weight excluding hydrogens is 379 g/mol. The molecule has 8 heteroatoms. The first kappa shape index (κ1) is 18.3. The highest BCUT2D eigenvalue weighted by atomic mass is 35.5. The Morgan fingerprint density at radius 1 is 1.16 bits per heavy atom. The van der Waals surface area contributed by atoms with Crippen molar-refractivity contribution in [3.63, 3.8) is 0 Å². The topological polar surface area (TPSA) is 49.3 Å². The van der Waals surface area contributed by atoms with Gasteiger partial charge in [-0.05, 0) is 31.2 Å². The van der Waals surface area contributed by atoms with Crippen molar-refractivity contribution in [2.45, 2.75) is 17.1 Å². The number of nitrogens with zero attached hydrogens (tertiary/aromatic N) is 4. The second kappa shape index (κ2) is 8.25. The number of carbonyl (C=O) groups excluding carboxylic acids is 1. The van der Waals surface area contributed by atoms with E-state index in [1.165, 1.54) is 11.8 Å². The lowest BCUT2D eigenvalue weighted by Crippen LogP contribution is -2.51. The van der Waals surface area contributed by atoms with Crippen LogP contribution in [0.2, 0.25) is 10.0 Å². The molecule has 5 nitrogen and oxygen atoms in total. The number of benzene rings is 1. The van der Waals surface area contributed by atoms with E-state index >= 15 is 0 Å². The standard InChI is InChI=1S/C17H18Cl2N4OS/c1-12(25-15-11-13(18)3-4-14(15)19)16(24)22-7-9-23(10-8-22)17-20-5-2-6-21-17/h2-6,11-12H,7-10H2,1H3. The molecule has 25 heavy (non-hydrogen) atoms. The van der Waals surface area contributed by atoms with E-state index in [4.69, 9.17) is 23.2 Å². The van der Waals surface area contributed by atoms with Crippen molar-refractivity contribution in [1.29, 1.82) is 0 Å². The Morgan fingerprint density at radius 3 is 2.52 bits per heavy atom. The minimum absolute atomic E-state index is 0.106.